The Bertz CT molecular complexity index is 425. The smallest absolute Gasteiger partial charge is 0.308 e. The van der Waals surface area contributed by atoms with Crippen molar-refractivity contribution >= 4 is 5.97 Å². The lowest BCUT2D eigenvalue weighted by atomic mass is 9.96. The monoisotopic (exact) mass is 283 g/mol. The molecule has 0 amide bonds. The van der Waals surface area contributed by atoms with Crippen LogP contribution in [0.15, 0.2) is 24.3 Å². The van der Waals surface area contributed by atoms with Crippen LogP contribution in [-0.4, -0.2) is 26.0 Å². The minimum atomic E-state index is -1.53. The molecule has 0 fully saturated rings. The molecule has 0 saturated heterocycles. The van der Waals surface area contributed by atoms with E-state index >= 15 is 0 Å². The topological polar surface area (TPSA) is 61.5 Å². The number of carbonyl (C=O) groups excluding carboxylic acids is 1. The van der Waals surface area contributed by atoms with Crippen LogP contribution in [0.2, 0.25) is 0 Å². The molecule has 0 aliphatic rings. The van der Waals surface area contributed by atoms with Gasteiger partial charge in [0.05, 0.1) is 13.5 Å². The molecular formula is C15H22FNO3. The summed E-state index contributed by atoms with van der Waals surface area (Å²) in [4.78, 5) is 11.7. The van der Waals surface area contributed by atoms with Gasteiger partial charge in [-0.1, -0.05) is 19.1 Å². The quantitative estimate of drug-likeness (QED) is 0.745. The van der Waals surface area contributed by atoms with E-state index in [-0.39, 0.29) is 25.3 Å². The summed E-state index contributed by atoms with van der Waals surface area (Å²) in [6.07, 6.45) is -0.618. The van der Waals surface area contributed by atoms with Crippen LogP contribution in [0.4, 0.5) is 4.39 Å². The summed E-state index contributed by atoms with van der Waals surface area (Å²) in [6.45, 7) is 2.12. The Morgan fingerprint density at radius 1 is 1.45 bits per heavy atom. The highest BCUT2D eigenvalue weighted by Gasteiger charge is 2.19. The number of rotatable bonds is 8. The number of esters is 1. The van der Waals surface area contributed by atoms with Crippen LogP contribution in [0.1, 0.15) is 37.7 Å². The third kappa shape index (κ3) is 5.17. The van der Waals surface area contributed by atoms with E-state index < -0.39 is 12.3 Å². The summed E-state index contributed by atoms with van der Waals surface area (Å²) in [7, 11) is 1.57. The first kappa shape index (κ1) is 16.4. The molecule has 0 saturated carbocycles. The van der Waals surface area contributed by atoms with E-state index in [2.05, 4.69) is 0 Å². The van der Waals surface area contributed by atoms with E-state index in [0.29, 0.717) is 12.2 Å². The lowest BCUT2D eigenvalue weighted by molar-refractivity contribution is -0.158. The lowest BCUT2D eigenvalue weighted by Crippen LogP contribution is -2.20. The van der Waals surface area contributed by atoms with Gasteiger partial charge < -0.3 is 15.2 Å². The molecule has 0 bridgehead atoms. The fourth-order valence-electron chi connectivity index (χ4n) is 1.91. The van der Waals surface area contributed by atoms with Crippen LogP contribution in [0.25, 0.3) is 0 Å². The van der Waals surface area contributed by atoms with Gasteiger partial charge in [-0.3, -0.25) is 4.79 Å². The van der Waals surface area contributed by atoms with E-state index in [1.165, 1.54) is 0 Å². The molecule has 0 radical (unpaired) electrons. The second-order valence-electron chi connectivity index (χ2n) is 4.60. The van der Waals surface area contributed by atoms with Crippen molar-refractivity contribution in [3.8, 4) is 5.75 Å². The van der Waals surface area contributed by atoms with Crippen molar-refractivity contribution in [1.29, 1.82) is 0 Å². The summed E-state index contributed by atoms with van der Waals surface area (Å²) < 4.78 is 23.1. The van der Waals surface area contributed by atoms with Crippen molar-refractivity contribution in [2.75, 3.05) is 13.7 Å². The summed E-state index contributed by atoms with van der Waals surface area (Å²) in [5.74, 6) is -0.0701. The number of methoxy groups -OCH3 is 1. The number of alkyl halides is 1. The average molecular weight is 283 g/mol. The van der Waals surface area contributed by atoms with Crippen molar-refractivity contribution in [2.24, 2.45) is 5.73 Å². The molecule has 112 valence electrons. The highest BCUT2D eigenvalue weighted by molar-refractivity contribution is 5.70. The van der Waals surface area contributed by atoms with E-state index in [9.17, 15) is 9.18 Å². The van der Waals surface area contributed by atoms with Gasteiger partial charge in [-0.15, -0.1) is 0 Å². The molecule has 0 heterocycles. The van der Waals surface area contributed by atoms with Crippen LogP contribution in [0.3, 0.4) is 0 Å². The maximum absolute atomic E-state index is 13.2. The Morgan fingerprint density at radius 3 is 2.80 bits per heavy atom. The maximum atomic E-state index is 13.2. The third-order valence-electron chi connectivity index (χ3n) is 3.04. The van der Waals surface area contributed by atoms with Crippen LogP contribution in [0.5, 0.6) is 5.75 Å². The van der Waals surface area contributed by atoms with E-state index in [1.54, 1.807) is 7.11 Å². The first-order valence-corrected chi connectivity index (χ1v) is 6.78. The van der Waals surface area contributed by atoms with Gasteiger partial charge in [-0.2, -0.15) is 0 Å². The molecule has 0 spiro atoms. The zero-order valence-electron chi connectivity index (χ0n) is 12.0. The number of benzene rings is 1. The predicted molar refractivity (Wildman–Crippen MR) is 75.3 cm³/mol. The molecule has 0 aromatic heterocycles. The summed E-state index contributed by atoms with van der Waals surface area (Å²) in [6, 6.07) is 7.33. The molecule has 2 N–H and O–H groups in total. The summed E-state index contributed by atoms with van der Waals surface area (Å²) in [5.41, 5.74) is 6.58. The van der Waals surface area contributed by atoms with Gasteiger partial charge >= 0.3 is 5.97 Å². The van der Waals surface area contributed by atoms with Crippen molar-refractivity contribution in [2.45, 2.75) is 38.5 Å². The fourth-order valence-corrected chi connectivity index (χ4v) is 1.91. The fraction of sp³-hybridized carbons (Fsp3) is 0.533. The van der Waals surface area contributed by atoms with Crippen LogP contribution in [0, 0.1) is 0 Å². The second kappa shape index (κ2) is 8.53. The van der Waals surface area contributed by atoms with Crippen LogP contribution >= 0.6 is 0 Å². The molecule has 20 heavy (non-hydrogen) atoms. The second-order valence-corrected chi connectivity index (χ2v) is 4.60. The molecule has 0 aliphatic carbocycles. The van der Waals surface area contributed by atoms with Crippen molar-refractivity contribution < 1.29 is 18.7 Å². The SMILES string of the molecule is CCCC(F)OC(=O)CC(CN)c1cccc(OC)c1. The van der Waals surface area contributed by atoms with E-state index in [1.807, 2.05) is 31.2 Å². The third-order valence-corrected chi connectivity index (χ3v) is 3.04. The summed E-state index contributed by atoms with van der Waals surface area (Å²) in [5, 5.41) is 0. The molecule has 2 unspecified atom stereocenters. The highest BCUT2D eigenvalue weighted by atomic mass is 19.1. The Kier molecular flexibility index (Phi) is 7.01. The van der Waals surface area contributed by atoms with Crippen LogP contribution in [-0.2, 0) is 9.53 Å². The zero-order chi connectivity index (χ0) is 15.0. The first-order chi connectivity index (χ1) is 9.60. The minimum absolute atomic E-state index is 0.0633. The zero-order valence-corrected chi connectivity index (χ0v) is 12.0. The molecule has 4 nitrogen and oxygen atoms in total. The molecule has 5 heteroatoms. The number of nitrogens with two attached hydrogens (primary N) is 1. The first-order valence-electron chi connectivity index (χ1n) is 6.78. The van der Waals surface area contributed by atoms with Gasteiger partial charge in [-0.05, 0) is 30.7 Å². The molecular weight excluding hydrogens is 261 g/mol. The molecule has 1 aromatic carbocycles. The number of hydrogen-bond acceptors (Lipinski definition) is 4. The van der Waals surface area contributed by atoms with E-state index in [4.69, 9.17) is 15.2 Å². The highest BCUT2D eigenvalue weighted by Crippen LogP contribution is 2.23. The number of hydrogen-bond donors (Lipinski definition) is 1. The Hall–Kier alpha value is -1.62. The summed E-state index contributed by atoms with van der Waals surface area (Å²) >= 11 is 0. The van der Waals surface area contributed by atoms with Gasteiger partial charge in [0, 0.05) is 12.3 Å². The van der Waals surface area contributed by atoms with Crippen molar-refractivity contribution in [3.63, 3.8) is 0 Å². The Labute approximate surface area is 119 Å². The maximum Gasteiger partial charge on any atom is 0.308 e. The average Bonchev–Trinajstić information content (AvgIpc) is 2.45. The molecule has 1 rings (SSSR count). The lowest BCUT2D eigenvalue weighted by Gasteiger charge is -2.16. The Balaban J connectivity index is 2.64. The van der Waals surface area contributed by atoms with Gasteiger partial charge in [0.1, 0.15) is 5.75 Å². The number of ether oxygens (including phenoxy) is 2. The molecule has 0 aliphatic heterocycles. The number of carbonyl (C=O) groups is 1. The minimum Gasteiger partial charge on any atom is -0.497 e. The van der Waals surface area contributed by atoms with Gasteiger partial charge in [0.15, 0.2) is 0 Å². The predicted octanol–water partition coefficient (Wildman–Crippen LogP) is 2.77. The number of halogens is 1. The van der Waals surface area contributed by atoms with E-state index in [0.717, 1.165) is 5.56 Å². The molecule has 2 atom stereocenters. The normalized spacial score (nSPS) is 13.6. The van der Waals surface area contributed by atoms with Crippen molar-refractivity contribution in [3.05, 3.63) is 29.8 Å². The largest absolute Gasteiger partial charge is 0.497 e. The van der Waals surface area contributed by atoms with Gasteiger partial charge in [0.2, 0.25) is 6.36 Å². The van der Waals surface area contributed by atoms with Crippen LogP contribution < -0.4 is 10.5 Å². The Morgan fingerprint density at radius 2 is 2.20 bits per heavy atom. The molecule has 1 aromatic rings. The van der Waals surface area contributed by atoms with Gasteiger partial charge in [0.25, 0.3) is 0 Å². The van der Waals surface area contributed by atoms with Crippen molar-refractivity contribution in [1.82, 2.24) is 0 Å². The van der Waals surface area contributed by atoms with Gasteiger partial charge in [-0.25, -0.2) is 4.39 Å². The standard InChI is InChI=1S/C15H22FNO3/c1-3-5-14(16)20-15(18)9-12(10-17)11-6-4-7-13(8-11)19-2/h4,6-8,12,14H,3,5,9-10,17H2,1-2H3.